The first-order valence-electron chi connectivity index (χ1n) is 9.86. The second kappa shape index (κ2) is 8.15. The highest BCUT2D eigenvalue weighted by atomic mass is 19.4. The fourth-order valence-electron chi connectivity index (χ4n) is 3.86. The molecule has 11 heteroatoms. The van der Waals surface area contributed by atoms with Gasteiger partial charge >= 0.3 is 6.18 Å². The van der Waals surface area contributed by atoms with E-state index >= 15 is 0 Å². The molecule has 0 aromatic heterocycles. The van der Waals surface area contributed by atoms with Gasteiger partial charge in [-0.1, -0.05) is 12.1 Å². The van der Waals surface area contributed by atoms with Crippen molar-refractivity contribution in [3.63, 3.8) is 0 Å². The SMILES string of the molecule is O=C1CCC(N2Cc3cccc(C(=O)NC(=O)c4ccc(C(F)(F)F)cc4)c3C2=O)C(=O)N1. The van der Waals surface area contributed by atoms with Crippen LogP contribution in [0, 0.1) is 0 Å². The average Bonchev–Trinajstić information content (AvgIpc) is 3.09. The molecule has 2 aromatic carbocycles. The third kappa shape index (κ3) is 4.21. The van der Waals surface area contributed by atoms with E-state index in [4.69, 9.17) is 0 Å². The Kier molecular flexibility index (Phi) is 5.48. The van der Waals surface area contributed by atoms with Gasteiger partial charge in [0.25, 0.3) is 17.7 Å². The molecule has 1 fully saturated rings. The molecule has 33 heavy (non-hydrogen) atoms. The maximum absolute atomic E-state index is 13.0. The Labute approximate surface area is 184 Å². The van der Waals surface area contributed by atoms with Crippen molar-refractivity contribution < 1.29 is 37.1 Å². The van der Waals surface area contributed by atoms with Crippen LogP contribution in [-0.4, -0.2) is 40.5 Å². The second-order valence-corrected chi connectivity index (χ2v) is 7.60. The number of imide groups is 2. The molecular formula is C22H16F3N3O5. The largest absolute Gasteiger partial charge is 0.416 e. The smallest absolute Gasteiger partial charge is 0.322 e. The minimum absolute atomic E-state index is 0.0277. The zero-order chi connectivity index (χ0) is 23.9. The lowest BCUT2D eigenvalue weighted by Crippen LogP contribution is -2.52. The molecule has 1 unspecified atom stereocenters. The van der Waals surface area contributed by atoms with Crippen LogP contribution < -0.4 is 10.6 Å². The summed E-state index contributed by atoms with van der Waals surface area (Å²) in [6.45, 7) is 0.0500. The second-order valence-electron chi connectivity index (χ2n) is 7.60. The third-order valence-corrected chi connectivity index (χ3v) is 5.50. The van der Waals surface area contributed by atoms with E-state index < -0.39 is 47.3 Å². The molecule has 170 valence electrons. The normalized spacial score (nSPS) is 18.1. The Morgan fingerprint density at radius 3 is 2.33 bits per heavy atom. The molecule has 1 saturated heterocycles. The number of fused-ring (bicyclic) bond motifs is 1. The number of halogens is 3. The molecule has 0 aliphatic carbocycles. The minimum atomic E-state index is -4.57. The molecule has 0 saturated carbocycles. The van der Waals surface area contributed by atoms with Crippen molar-refractivity contribution in [3.8, 4) is 0 Å². The summed E-state index contributed by atoms with van der Waals surface area (Å²) in [7, 11) is 0. The van der Waals surface area contributed by atoms with E-state index in [0.717, 1.165) is 24.3 Å². The van der Waals surface area contributed by atoms with Gasteiger partial charge < -0.3 is 4.90 Å². The molecule has 2 heterocycles. The maximum Gasteiger partial charge on any atom is 0.416 e. The van der Waals surface area contributed by atoms with Crippen molar-refractivity contribution in [2.24, 2.45) is 0 Å². The van der Waals surface area contributed by atoms with Crippen LogP contribution in [0.1, 0.15) is 55.0 Å². The predicted molar refractivity (Wildman–Crippen MR) is 106 cm³/mol. The number of carbonyl (C=O) groups is 5. The average molecular weight is 459 g/mol. The van der Waals surface area contributed by atoms with Crippen LogP contribution in [0.3, 0.4) is 0 Å². The first-order valence-corrected chi connectivity index (χ1v) is 9.86. The molecule has 2 aromatic rings. The van der Waals surface area contributed by atoms with Crippen LogP contribution in [-0.2, 0) is 22.3 Å². The molecule has 1 atom stereocenters. The topological polar surface area (TPSA) is 113 Å². The van der Waals surface area contributed by atoms with Crippen molar-refractivity contribution >= 4 is 29.5 Å². The molecule has 2 aliphatic rings. The van der Waals surface area contributed by atoms with Crippen molar-refractivity contribution in [3.05, 3.63) is 70.3 Å². The van der Waals surface area contributed by atoms with Crippen LogP contribution >= 0.6 is 0 Å². The number of hydrogen-bond acceptors (Lipinski definition) is 5. The van der Waals surface area contributed by atoms with Gasteiger partial charge in [-0.25, -0.2) is 0 Å². The van der Waals surface area contributed by atoms with Crippen molar-refractivity contribution in [1.82, 2.24) is 15.5 Å². The summed E-state index contributed by atoms with van der Waals surface area (Å²) in [6.07, 6.45) is -4.34. The third-order valence-electron chi connectivity index (χ3n) is 5.50. The number of nitrogens with one attached hydrogen (secondary N) is 2. The van der Waals surface area contributed by atoms with E-state index in [1.807, 2.05) is 0 Å². The summed E-state index contributed by atoms with van der Waals surface area (Å²) in [5, 5.41) is 4.26. The van der Waals surface area contributed by atoms with Gasteiger partial charge in [-0.2, -0.15) is 13.2 Å². The number of nitrogens with zero attached hydrogens (tertiary/aromatic N) is 1. The van der Waals surface area contributed by atoms with Gasteiger partial charge in [0.05, 0.1) is 16.7 Å². The van der Waals surface area contributed by atoms with Gasteiger partial charge in [0.1, 0.15) is 6.04 Å². The van der Waals surface area contributed by atoms with E-state index in [0.29, 0.717) is 5.56 Å². The van der Waals surface area contributed by atoms with E-state index in [-0.39, 0.29) is 36.1 Å². The highest BCUT2D eigenvalue weighted by Gasteiger charge is 2.41. The predicted octanol–water partition coefficient (Wildman–Crippen LogP) is 2.04. The van der Waals surface area contributed by atoms with Gasteiger partial charge in [-0.3, -0.25) is 34.6 Å². The van der Waals surface area contributed by atoms with Gasteiger partial charge in [0.15, 0.2) is 0 Å². The van der Waals surface area contributed by atoms with Crippen LogP contribution in [0.15, 0.2) is 42.5 Å². The standard InChI is InChI=1S/C22H16F3N3O5/c23-22(24,25)13-6-4-11(5-7-13)18(30)27-19(31)14-3-1-2-12-10-28(21(33)17(12)14)15-8-9-16(29)26-20(15)32/h1-7,15H,8-10H2,(H,26,29,32)(H,27,30,31). The van der Waals surface area contributed by atoms with Crippen LogP contribution in [0.4, 0.5) is 13.2 Å². The van der Waals surface area contributed by atoms with E-state index in [2.05, 4.69) is 10.6 Å². The number of carbonyl (C=O) groups excluding carboxylic acids is 5. The highest BCUT2D eigenvalue weighted by Crippen LogP contribution is 2.30. The molecule has 5 amide bonds. The Morgan fingerprint density at radius 1 is 1.00 bits per heavy atom. The first-order chi connectivity index (χ1) is 15.6. The molecule has 4 rings (SSSR count). The summed E-state index contributed by atoms with van der Waals surface area (Å²) < 4.78 is 38.1. The number of benzene rings is 2. The molecular weight excluding hydrogens is 443 g/mol. The van der Waals surface area contributed by atoms with Gasteiger partial charge in [-0.05, 0) is 42.3 Å². The summed E-state index contributed by atoms with van der Waals surface area (Å²) in [5.41, 5.74) is -0.711. The van der Waals surface area contributed by atoms with Gasteiger partial charge in [-0.15, -0.1) is 0 Å². The highest BCUT2D eigenvalue weighted by molar-refractivity contribution is 6.16. The van der Waals surface area contributed by atoms with Crippen molar-refractivity contribution in [1.29, 1.82) is 0 Å². The quantitative estimate of drug-likeness (QED) is 0.683. The van der Waals surface area contributed by atoms with Crippen LogP contribution in [0.2, 0.25) is 0 Å². The number of alkyl halides is 3. The fourth-order valence-corrected chi connectivity index (χ4v) is 3.86. The Balaban J connectivity index is 1.53. The summed E-state index contributed by atoms with van der Waals surface area (Å²) in [5.74, 6) is -3.46. The Hall–Kier alpha value is -4.02. The minimum Gasteiger partial charge on any atom is -0.322 e. The summed E-state index contributed by atoms with van der Waals surface area (Å²) in [4.78, 5) is 63.0. The van der Waals surface area contributed by atoms with Crippen molar-refractivity contribution in [2.45, 2.75) is 31.6 Å². The number of amides is 5. The van der Waals surface area contributed by atoms with Crippen LogP contribution in [0.5, 0.6) is 0 Å². The lowest BCUT2D eigenvalue weighted by Gasteiger charge is -2.29. The van der Waals surface area contributed by atoms with E-state index in [9.17, 15) is 37.1 Å². The lowest BCUT2D eigenvalue weighted by atomic mass is 10.0. The summed E-state index contributed by atoms with van der Waals surface area (Å²) >= 11 is 0. The Bertz CT molecular complexity index is 1190. The molecule has 2 aliphatic heterocycles. The maximum atomic E-state index is 13.0. The molecule has 0 bridgehead atoms. The zero-order valence-electron chi connectivity index (χ0n) is 16.9. The molecule has 2 N–H and O–H groups in total. The number of hydrogen-bond donors (Lipinski definition) is 2. The van der Waals surface area contributed by atoms with Gasteiger partial charge in [0, 0.05) is 18.5 Å². The number of piperidine rings is 1. The molecule has 0 spiro atoms. The van der Waals surface area contributed by atoms with E-state index in [1.54, 1.807) is 6.07 Å². The Morgan fingerprint density at radius 2 is 1.70 bits per heavy atom. The molecule has 8 nitrogen and oxygen atoms in total. The zero-order valence-corrected chi connectivity index (χ0v) is 16.9. The van der Waals surface area contributed by atoms with E-state index in [1.165, 1.54) is 17.0 Å². The monoisotopic (exact) mass is 459 g/mol. The van der Waals surface area contributed by atoms with Crippen LogP contribution in [0.25, 0.3) is 0 Å². The van der Waals surface area contributed by atoms with Crippen molar-refractivity contribution in [2.75, 3.05) is 0 Å². The number of rotatable bonds is 3. The molecule has 0 radical (unpaired) electrons. The summed E-state index contributed by atoms with van der Waals surface area (Å²) in [6, 6.07) is 6.91. The first kappa shape index (κ1) is 22.2. The van der Waals surface area contributed by atoms with Gasteiger partial charge in [0.2, 0.25) is 11.8 Å². The fraction of sp³-hybridized carbons (Fsp3) is 0.227. The lowest BCUT2D eigenvalue weighted by molar-refractivity contribution is -0.138.